The maximum absolute atomic E-state index is 8.97. The molecule has 2 N–H and O–H groups in total. The number of rotatable bonds is 10. The van der Waals surface area contributed by atoms with Crippen LogP contribution >= 0.6 is 0 Å². The number of nitrogens with zero attached hydrogens (tertiary/aromatic N) is 1. The normalized spacial score (nSPS) is 11.2. The molecular formula is C12H28INO2. The lowest BCUT2D eigenvalue weighted by atomic mass is 10.1. The molecule has 0 saturated carbocycles. The fourth-order valence-electron chi connectivity index (χ4n) is 1.92. The van der Waals surface area contributed by atoms with Crippen LogP contribution in [0.25, 0.3) is 0 Å². The van der Waals surface area contributed by atoms with E-state index in [0.717, 1.165) is 24.1 Å². The van der Waals surface area contributed by atoms with E-state index in [4.69, 9.17) is 10.2 Å². The molecule has 100 valence electrons. The molecular weight excluding hydrogens is 317 g/mol. The summed E-state index contributed by atoms with van der Waals surface area (Å²) in [6, 6.07) is 0. The molecule has 0 fully saturated rings. The zero-order valence-corrected chi connectivity index (χ0v) is 12.9. The minimum atomic E-state index is 0. The Labute approximate surface area is 117 Å². The van der Waals surface area contributed by atoms with E-state index in [1.54, 1.807) is 0 Å². The molecule has 0 atom stereocenters. The van der Waals surface area contributed by atoms with Crippen LogP contribution in [0.2, 0.25) is 0 Å². The Balaban J connectivity index is 0. The van der Waals surface area contributed by atoms with E-state index in [2.05, 4.69) is 14.0 Å². The largest absolute Gasteiger partial charge is 1.00 e. The zero-order chi connectivity index (χ0) is 11.6. The predicted molar refractivity (Wildman–Crippen MR) is 63.7 cm³/mol. The molecule has 0 heterocycles. The maximum Gasteiger partial charge on any atom is 0.102 e. The second-order valence-corrected chi connectivity index (χ2v) is 4.65. The van der Waals surface area contributed by atoms with Crippen molar-refractivity contribution < 1.29 is 38.7 Å². The van der Waals surface area contributed by atoms with Crippen molar-refractivity contribution in [2.24, 2.45) is 0 Å². The molecule has 0 radical (unpaired) electrons. The Morgan fingerprint density at radius 1 is 0.812 bits per heavy atom. The molecule has 0 saturated heterocycles. The summed E-state index contributed by atoms with van der Waals surface area (Å²) in [6.45, 7) is 5.24. The Kier molecular flexibility index (Phi) is 14.3. The highest BCUT2D eigenvalue weighted by Crippen LogP contribution is 2.08. The van der Waals surface area contributed by atoms with Crippen LogP contribution in [-0.4, -0.2) is 54.6 Å². The van der Waals surface area contributed by atoms with Gasteiger partial charge in [0.15, 0.2) is 0 Å². The van der Waals surface area contributed by atoms with Gasteiger partial charge in [-0.3, -0.25) is 0 Å². The summed E-state index contributed by atoms with van der Waals surface area (Å²) in [4.78, 5) is 0. The first-order valence-corrected chi connectivity index (χ1v) is 6.24. The zero-order valence-electron chi connectivity index (χ0n) is 10.8. The van der Waals surface area contributed by atoms with Crippen molar-refractivity contribution in [3.8, 4) is 0 Å². The second kappa shape index (κ2) is 12.1. The van der Waals surface area contributed by atoms with E-state index >= 15 is 0 Å². The molecule has 0 aromatic rings. The molecule has 4 heteroatoms. The van der Waals surface area contributed by atoms with E-state index in [-0.39, 0.29) is 37.2 Å². The third-order valence-corrected chi connectivity index (χ3v) is 3.08. The molecule has 0 aromatic carbocycles. The molecule has 0 aliphatic heterocycles. The van der Waals surface area contributed by atoms with Gasteiger partial charge in [0.2, 0.25) is 0 Å². The molecule has 0 rings (SSSR count). The van der Waals surface area contributed by atoms with Crippen molar-refractivity contribution in [1.82, 2.24) is 0 Å². The first-order valence-electron chi connectivity index (χ1n) is 6.24. The molecule has 3 nitrogen and oxygen atoms in total. The third-order valence-electron chi connectivity index (χ3n) is 3.08. The highest BCUT2D eigenvalue weighted by Gasteiger charge is 2.19. The number of halogens is 1. The number of likely N-dealkylation sites (N-methyl/N-ethyl adjacent to an activating group) is 1. The Bertz CT molecular complexity index is 139. The summed E-state index contributed by atoms with van der Waals surface area (Å²) in [5, 5.41) is 17.9. The molecule has 0 aromatic heterocycles. The Morgan fingerprint density at radius 3 is 1.75 bits per heavy atom. The van der Waals surface area contributed by atoms with Crippen molar-refractivity contribution in [3.05, 3.63) is 0 Å². The van der Waals surface area contributed by atoms with Crippen LogP contribution < -0.4 is 24.0 Å². The minimum absolute atomic E-state index is 0. The summed E-state index contributed by atoms with van der Waals surface area (Å²) in [5.41, 5.74) is 0. The minimum Gasteiger partial charge on any atom is -1.00 e. The van der Waals surface area contributed by atoms with Crippen molar-refractivity contribution in [3.63, 3.8) is 0 Å². The lowest BCUT2D eigenvalue weighted by molar-refractivity contribution is -0.910. The molecule has 0 aliphatic carbocycles. The van der Waals surface area contributed by atoms with E-state index in [1.807, 2.05) is 0 Å². The molecule has 0 aliphatic rings. The lowest BCUT2D eigenvalue weighted by Gasteiger charge is -2.33. The highest BCUT2D eigenvalue weighted by molar-refractivity contribution is 4.45. The van der Waals surface area contributed by atoms with Gasteiger partial charge in [0.1, 0.15) is 13.1 Å². The fraction of sp³-hybridized carbons (Fsp3) is 1.00. The van der Waals surface area contributed by atoms with Crippen molar-refractivity contribution in [1.29, 1.82) is 0 Å². The summed E-state index contributed by atoms with van der Waals surface area (Å²) in [7, 11) is 2.12. The lowest BCUT2D eigenvalue weighted by Crippen LogP contribution is -3.00. The average molecular weight is 345 g/mol. The van der Waals surface area contributed by atoms with Crippen molar-refractivity contribution in [2.45, 2.75) is 39.0 Å². The first kappa shape index (κ1) is 19.0. The van der Waals surface area contributed by atoms with Gasteiger partial charge in [0.05, 0.1) is 26.8 Å². The van der Waals surface area contributed by atoms with Crippen LogP contribution in [0, 0.1) is 0 Å². The molecule has 0 bridgehead atoms. The Hall–Kier alpha value is 0.610. The average Bonchev–Trinajstić information content (AvgIpc) is 2.18. The van der Waals surface area contributed by atoms with Crippen LogP contribution in [0.15, 0.2) is 0 Å². The van der Waals surface area contributed by atoms with E-state index in [9.17, 15) is 0 Å². The number of hydrogen-bond donors (Lipinski definition) is 2. The maximum atomic E-state index is 8.97. The highest BCUT2D eigenvalue weighted by atomic mass is 127. The number of aliphatic hydroxyl groups is 2. The van der Waals surface area contributed by atoms with Crippen molar-refractivity contribution in [2.75, 3.05) is 39.9 Å². The third kappa shape index (κ3) is 9.81. The van der Waals surface area contributed by atoms with E-state index < -0.39 is 0 Å². The van der Waals surface area contributed by atoms with E-state index in [1.165, 1.54) is 32.1 Å². The van der Waals surface area contributed by atoms with Gasteiger partial charge in [-0.25, -0.2) is 0 Å². The van der Waals surface area contributed by atoms with Crippen LogP contribution in [-0.2, 0) is 0 Å². The number of unbranched alkanes of at least 4 members (excludes halogenated alkanes) is 4. The van der Waals surface area contributed by atoms with Gasteiger partial charge in [0, 0.05) is 0 Å². The number of quaternary nitrogens is 1. The standard InChI is InChI=1S/C12H28NO2.HI/c1-3-4-5-6-7-8-13(2,9-11-14)10-12-15;/h14-15H,3-12H2,1-2H3;1H/q+1;/p-1. The molecule has 0 amide bonds. The quantitative estimate of drug-likeness (QED) is 0.284. The molecule has 16 heavy (non-hydrogen) atoms. The van der Waals surface area contributed by atoms with Gasteiger partial charge < -0.3 is 38.7 Å². The van der Waals surface area contributed by atoms with E-state index in [0.29, 0.717) is 0 Å². The summed E-state index contributed by atoms with van der Waals surface area (Å²) < 4.78 is 0.805. The molecule has 0 unspecified atom stereocenters. The van der Waals surface area contributed by atoms with Gasteiger partial charge in [-0.15, -0.1) is 0 Å². The van der Waals surface area contributed by atoms with Crippen LogP contribution in [0.5, 0.6) is 0 Å². The van der Waals surface area contributed by atoms with Gasteiger partial charge in [0.25, 0.3) is 0 Å². The second-order valence-electron chi connectivity index (χ2n) is 4.65. The molecule has 0 spiro atoms. The Morgan fingerprint density at radius 2 is 1.31 bits per heavy atom. The number of aliphatic hydroxyl groups excluding tert-OH is 2. The topological polar surface area (TPSA) is 40.5 Å². The van der Waals surface area contributed by atoms with Gasteiger partial charge in [-0.1, -0.05) is 26.2 Å². The van der Waals surface area contributed by atoms with Crippen LogP contribution in [0.1, 0.15) is 39.0 Å². The van der Waals surface area contributed by atoms with Crippen LogP contribution in [0.4, 0.5) is 0 Å². The fourth-order valence-corrected chi connectivity index (χ4v) is 1.92. The van der Waals surface area contributed by atoms with Gasteiger partial charge in [-0.05, 0) is 12.8 Å². The van der Waals surface area contributed by atoms with Gasteiger partial charge >= 0.3 is 0 Å². The van der Waals surface area contributed by atoms with Crippen LogP contribution in [0.3, 0.4) is 0 Å². The van der Waals surface area contributed by atoms with Gasteiger partial charge in [-0.2, -0.15) is 0 Å². The first-order chi connectivity index (χ1) is 7.18. The summed E-state index contributed by atoms with van der Waals surface area (Å²) in [6.07, 6.45) is 6.40. The summed E-state index contributed by atoms with van der Waals surface area (Å²) in [5.74, 6) is 0. The predicted octanol–water partition coefficient (Wildman–Crippen LogP) is -1.61. The smallest absolute Gasteiger partial charge is 0.102 e. The summed E-state index contributed by atoms with van der Waals surface area (Å²) >= 11 is 0. The van der Waals surface area contributed by atoms with Crippen molar-refractivity contribution >= 4 is 0 Å². The SMILES string of the molecule is CCCCCCC[N+](C)(CCO)CCO.[I-]. The monoisotopic (exact) mass is 345 g/mol. The number of hydrogen-bond acceptors (Lipinski definition) is 2.